The lowest BCUT2D eigenvalue weighted by Crippen LogP contribution is -2.14. The van der Waals surface area contributed by atoms with Crippen LogP contribution in [0.25, 0.3) is 16.3 Å². The van der Waals surface area contributed by atoms with E-state index in [1.54, 1.807) is 11.3 Å². The van der Waals surface area contributed by atoms with Gasteiger partial charge in [-0.25, -0.2) is 0 Å². The Bertz CT molecular complexity index is 731. The second-order valence-corrected chi connectivity index (χ2v) is 6.75. The third-order valence-corrected chi connectivity index (χ3v) is 4.18. The lowest BCUT2D eigenvalue weighted by molar-refractivity contribution is 0.565. The van der Waals surface area contributed by atoms with Gasteiger partial charge in [-0.3, -0.25) is 4.40 Å². The number of fused-ring (bicyclic) bond motifs is 1. The molecule has 20 heavy (non-hydrogen) atoms. The van der Waals surface area contributed by atoms with Crippen LogP contribution in [0.3, 0.4) is 0 Å². The van der Waals surface area contributed by atoms with E-state index in [1.807, 2.05) is 12.1 Å². The van der Waals surface area contributed by atoms with E-state index in [-0.39, 0.29) is 5.41 Å². The SMILES string of the molecule is CC(C)(C)c1csc2nnc(-c3ccc(CN)cc3)n12. The number of aromatic nitrogens is 3. The standard InChI is InChI=1S/C15H18N4S/c1-15(2,3)12-9-20-14-18-17-13(19(12)14)11-6-4-10(8-16)5-7-11/h4-7,9H,8,16H2,1-3H3. The summed E-state index contributed by atoms with van der Waals surface area (Å²) in [6, 6.07) is 8.20. The molecule has 0 aliphatic rings. The number of nitrogens with zero attached hydrogens (tertiary/aromatic N) is 3. The van der Waals surface area contributed by atoms with Crippen LogP contribution in [0.15, 0.2) is 29.6 Å². The molecule has 5 heteroatoms. The average molecular weight is 286 g/mol. The Morgan fingerprint density at radius 2 is 1.85 bits per heavy atom. The van der Waals surface area contributed by atoms with Crippen LogP contribution in [0.5, 0.6) is 0 Å². The minimum Gasteiger partial charge on any atom is -0.326 e. The molecule has 4 nitrogen and oxygen atoms in total. The molecule has 2 heterocycles. The highest BCUT2D eigenvalue weighted by Crippen LogP contribution is 2.31. The molecule has 0 saturated heterocycles. The molecule has 2 aromatic heterocycles. The fourth-order valence-corrected chi connectivity index (χ4v) is 3.27. The van der Waals surface area contributed by atoms with E-state index < -0.39 is 0 Å². The zero-order chi connectivity index (χ0) is 14.3. The summed E-state index contributed by atoms with van der Waals surface area (Å²) in [4.78, 5) is 0.938. The number of thiazole rings is 1. The Hall–Kier alpha value is -1.72. The zero-order valence-corrected chi connectivity index (χ0v) is 12.7. The lowest BCUT2D eigenvalue weighted by Gasteiger charge is -2.17. The highest BCUT2D eigenvalue weighted by atomic mass is 32.1. The molecule has 0 fully saturated rings. The fraction of sp³-hybridized carbons (Fsp3) is 0.333. The Morgan fingerprint density at radius 1 is 1.15 bits per heavy atom. The number of nitrogens with two attached hydrogens (primary N) is 1. The van der Waals surface area contributed by atoms with E-state index in [2.05, 4.69) is 52.9 Å². The van der Waals surface area contributed by atoms with Gasteiger partial charge in [0, 0.05) is 28.6 Å². The molecule has 2 N–H and O–H groups in total. The van der Waals surface area contributed by atoms with Crippen molar-refractivity contribution < 1.29 is 0 Å². The molecule has 0 amide bonds. The van der Waals surface area contributed by atoms with Crippen LogP contribution < -0.4 is 5.73 Å². The van der Waals surface area contributed by atoms with Crippen molar-refractivity contribution in [3.8, 4) is 11.4 Å². The van der Waals surface area contributed by atoms with E-state index in [4.69, 9.17) is 5.73 Å². The fourth-order valence-electron chi connectivity index (χ4n) is 2.21. The smallest absolute Gasteiger partial charge is 0.216 e. The van der Waals surface area contributed by atoms with Gasteiger partial charge < -0.3 is 5.73 Å². The van der Waals surface area contributed by atoms with E-state index in [0.717, 1.165) is 21.9 Å². The number of hydrogen-bond acceptors (Lipinski definition) is 4. The third kappa shape index (κ3) is 2.13. The van der Waals surface area contributed by atoms with Crippen molar-refractivity contribution in [3.63, 3.8) is 0 Å². The second-order valence-electron chi connectivity index (χ2n) is 5.91. The molecule has 0 bridgehead atoms. The van der Waals surface area contributed by atoms with Crippen LogP contribution in [0.2, 0.25) is 0 Å². The molecule has 104 valence electrons. The van der Waals surface area contributed by atoms with E-state index >= 15 is 0 Å². The van der Waals surface area contributed by atoms with Crippen LogP contribution in [-0.4, -0.2) is 14.6 Å². The first-order chi connectivity index (χ1) is 9.50. The summed E-state index contributed by atoms with van der Waals surface area (Å²) in [5.41, 5.74) is 9.13. The summed E-state index contributed by atoms with van der Waals surface area (Å²) < 4.78 is 2.15. The predicted octanol–water partition coefficient (Wildman–Crippen LogP) is 3.21. The molecule has 0 aliphatic carbocycles. The van der Waals surface area contributed by atoms with Crippen LogP contribution in [0.1, 0.15) is 32.0 Å². The monoisotopic (exact) mass is 286 g/mol. The molecule has 0 unspecified atom stereocenters. The average Bonchev–Trinajstić information content (AvgIpc) is 2.98. The minimum absolute atomic E-state index is 0.0621. The highest BCUT2D eigenvalue weighted by molar-refractivity contribution is 7.15. The first-order valence-corrected chi connectivity index (χ1v) is 7.51. The van der Waals surface area contributed by atoms with Crippen molar-refractivity contribution in [1.29, 1.82) is 0 Å². The molecule has 0 saturated carbocycles. The summed E-state index contributed by atoms with van der Waals surface area (Å²) in [6.07, 6.45) is 0. The minimum atomic E-state index is 0.0621. The summed E-state index contributed by atoms with van der Waals surface area (Å²) in [5, 5.41) is 10.8. The molecule has 3 rings (SSSR count). The van der Waals surface area contributed by atoms with Gasteiger partial charge in [0.25, 0.3) is 0 Å². The van der Waals surface area contributed by atoms with Crippen molar-refractivity contribution >= 4 is 16.3 Å². The summed E-state index contributed by atoms with van der Waals surface area (Å²) in [7, 11) is 0. The lowest BCUT2D eigenvalue weighted by atomic mass is 9.93. The Morgan fingerprint density at radius 3 is 2.45 bits per heavy atom. The van der Waals surface area contributed by atoms with Crippen LogP contribution in [0, 0.1) is 0 Å². The van der Waals surface area contributed by atoms with Crippen molar-refractivity contribution in [2.75, 3.05) is 0 Å². The maximum Gasteiger partial charge on any atom is 0.216 e. The van der Waals surface area contributed by atoms with Crippen LogP contribution in [-0.2, 0) is 12.0 Å². The molecule has 3 aromatic rings. The van der Waals surface area contributed by atoms with Crippen molar-refractivity contribution in [2.45, 2.75) is 32.7 Å². The topological polar surface area (TPSA) is 56.2 Å². The molecular weight excluding hydrogens is 268 g/mol. The normalized spacial score (nSPS) is 12.2. The van der Waals surface area contributed by atoms with Gasteiger partial charge in [0.1, 0.15) is 0 Å². The van der Waals surface area contributed by atoms with Gasteiger partial charge in [0.05, 0.1) is 0 Å². The number of rotatable bonds is 2. The van der Waals surface area contributed by atoms with Crippen molar-refractivity contribution in [3.05, 3.63) is 40.9 Å². The third-order valence-electron chi connectivity index (χ3n) is 3.37. The first-order valence-electron chi connectivity index (χ1n) is 6.63. The molecule has 0 aliphatic heterocycles. The summed E-state index contributed by atoms with van der Waals surface area (Å²) in [6.45, 7) is 7.17. The summed E-state index contributed by atoms with van der Waals surface area (Å²) >= 11 is 1.63. The first kappa shape index (κ1) is 13.3. The molecule has 1 aromatic carbocycles. The van der Waals surface area contributed by atoms with Gasteiger partial charge in [-0.2, -0.15) is 0 Å². The molecular formula is C15H18N4S. The van der Waals surface area contributed by atoms with E-state index in [9.17, 15) is 0 Å². The van der Waals surface area contributed by atoms with E-state index in [0.29, 0.717) is 6.54 Å². The van der Waals surface area contributed by atoms with Gasteiger partial charge in [-0.1, -0.05) is 45.0 Å². The van der Waals surface area contributed by atoms with Gasteiger partial charge >= 0.3 is 0 Å². The Labute approximate surface area is 122 Å². The van der Waals surface area contributed by atoms with Gasteiger partial charge in [0.15, 0.2) is 5.82 Å². The Kier molecular flexibility index (Phi) is 3.11. The van der Waals surface area contributed by atoms with Crippen LogP contribution in [0.4, 0.5) is 0 Å². The second kappa shape index (κ2) is 4.68. The van der Waals surface area contributed by atoms with Gasteiger partial charge in [-0.05, 0) is 5.56 Å². The maximum atomic E-state index is 5.64. The van der Waals surface area contributed by atoms with Crippen LogP contribution >= 0.6 is 11.3 Å². The number of hydrogen-bond donors (Lipinski definition) is 1. The van der Waals surface area contributed by atoms with Gasteiger partial charge in [-0.15, -0.1) is 21.5 Å². The number of benzene rings is 1. The predicted molar refractivity (Wildman–Crippen MR) is 82.9 cm³/mol. The highest BCUT2D eigenvalue weighted by Gasteiger charge is 2.22. The quantitative estimate of drug-likeness (QED) is 0.787. The van der Waals surface area contributed by atoms with E-state index in [1.165, 1.54) is 5.69 Å². The van der Waals surface area contributed by atoms with Crippen molar-refractivity contribution in [1.82, 2.24) is 14.6 Å². The molecule has 0 spiro atoms. The zero-order valence-electron chi connectivity index (χ0n) is 11.9. The van der Waals surface area contributed by atoms with Crippen molar-refractivity contribution in [2.24, 2.45) is 5.73 Å². The molecule has 0 atom stereocenters. The summed E-state index contributed by atoms with van der Waals surface area (Å²) in [5.74, 6) is 0.898. The Balaban J connectivity index is 2.18. The van der Waals surface area contributed by atoms with Gasteiger partial charge in [0.2, 0.25) is 4.96 Å². The maximum absolute atomic E-state index is 5.64. The molecule has 0 radical (unpaired) electrons. The largest absolute Gasteiger partial charge is 0.326 e.